The van der Waals surface area contributed by atoms with Crippen LogP contribution in [0.25, 0.3) is 0 Å². The number of carbonyl (C=O) groups is 4. The van der Waals surface area contributed by atoms with Gasteiger partial charge in [0.05, 0.1) is 77.8 Å². The third-order valence-electron chi connectivity index (χ3n) is 11.1. The molecule has 18 nitrogen and oxygen atoms in total. The highest BCUT2D eigenvalue weighted by atomic mass is 16.6. The summed E-state index contributed by atoms with van der Waals surface area (Å²) in [6, 6.07) is 4.32. The molecular weight excluding hydrogens is 869 g/mol. The maximum Gasteiger partial charge on any atom is 0.325 e. The second-order valence-electron chi connectivity index (χ2n) is 19.6. The summed E-state index contributed by atoms with van der Waals surface area (Å²) in [6.45, 7) is 23.7. The van der Waals surface area contributed by atoms with Crippen molar-refractivity contribution in [1.82, 2.24) is 19.6 Å². The number of aliphatic carboxylic acids is 1. The summed E-state index contributed by atoms with van der Waals surface area (Å²) in [5.74, 6) is -1.77. The molecule has 0 aliphatic carbocycles. The number of carbonyl (C=O) groups excluding carboxylic acids is 3. The van der Waals surface area contributed by atoms with E-state index >= 15 is 0 Å². The molecule has 1 aromatic carbocycles. The van der Waals surface area contributed by atoms with Crippen LogP contribution in [0.3, 0.4) is 0 Å². The Labute approximate surface area is 401 Å². The SMILES string of the molecule is CCOCCOCCOc1ccc(CCC[C@@H](C(=O)O)N2CCN([C@@H](COC(C)(C)C)C(=O)OC)CCN([C@@H](COC(C)(C)C)C(=O)OC)CCN([C@@H](COC(C)(C)C)C(=O)OC)CC2)cc1. The summed E-state index contributed by atoms with van der Waals surface area (Å²) in [4.78, 5) is 61.9. The second-order valence-corrected chi connectivity index (χ2v) is 19.6. The fourth-order valence-corrected chi connectivity index (χ4v) is 7.38. The third kappa shape index (κ3) is 24.1. The van der Waals surface area contributed by atoms with Crippen LogP contribution in [0.15, 0.2) is 24.3 Å². The standard InChI is InChI=1S/C49H86N4O14/c1-14-62-30-31-63-32-33-64-38-20-18-37(19-21-38)16-15-17-39(43(54)55)50-22-24-51(40(44(56)59-11)34-65-47(2,3)4)26-28-53(42(46(58)61-13)36-67-49(8,9)10)29-27-52(25-23-50)41(45(57)60-12)35-66-48(5,6)7/h18-21,39-42H,14-17,22-36H2,1-13H3,(H,54,55)/t39-,40-,41-,42-/m0/s1. The van der Waals surface area contributed by atoms with Crippen LogP contribution in [0.5, 0.6) is 5.75 Å². The van der Waals surface area contributed by atoms with Crippen molar-refractivity contribution in [1.29, 1.82) is 0 Å². The molecule has 1 saturated heterocycles. The maximum absolute atomic E-state index is 13.6. The van der Waals surface area contributed by atoms with Gasteiger partial charge in [0.25, 0.3) is 0 Å². The lowest BCUT2D eigenvalue weighted by Gasteiger charge is -2.41. The van der Waals surface area contributed by atoms with Gasteiger partial charge in [-0.25, -0.2) is 0 Å². The highest BCUT2D eigenvalue weighted by Gasteiger charge is 2.37. The number of esters is 3. The van der Waals surface area contributed by atoms with Crippen molar-refractivity contribution in [2.24, 2.45) is 0 Å². The Balaban J connectivity index is 2.56. The summed E-state index contributed by atoms with van der Waals surface area (Å²) in [6.07, 6.45) is 1.54. The normalized spacial score (nSPS) is 17.6. The van der Waals surface area contributed by atoms with Gasteiger partial charge >= 0.3 is 23.9 Å². The van der Waals surface area contributed by atoms with E-state index < -0.39 is 64.8 Å². The molecule has 0 radical (unpaired) electrons. The summed E-state index contributed by atoms with van der Waals surface area (Å²) in [5.41, 5.74) is -0.680. The van der Waals surface area contributed by atoms with Crippen molar-refractivity contribution < 1.29 is 66.9 Å². The van der Waals surface area contributed by atoms with Crippen LogP contribution in [0.1, 0.15) is 87.6 Å². The first kappa shape index (κ1) is 59.7. The lowest BCUT2D eigenvalue weighted by atomic mass is 10.0. The molecule has 1 N–H and O–H groups in total. The molecule has 386 valence electrons. The predicted octanol–water partition coefficient (Wildman–Crippen LogP) is 4.19. The van der Waals surface area contributed by atoms with E-state index in [0.717, 1.165) is 5.56 Å². The summed E-state index contributed by atoms with van der Waals surface area (Å²) in [5, 5.41) is 10.9. The molecule has 0 saturated carbocycles. The molecule has 0 unspecified atom stereocenters. The predicted molar refractivity (Wildman–Crippen MR) is 254 cm³/mol. The molecule has 1 aliphatic rings. The molecule has 2 rings (SSSR count). The minimum atomic E-state index is -0.982. The monoisotopic (exact) mass is 955 g/mol. The molecule has 1 fully saturated rings. The first-order valence-corrected chi connectivity index (χ1v) is 23.7. The lowest BCUT2D eigenvalue weighted by molar-refractivity contribution is -0.157. The van der Waals surface area contributed by atoms with Crippen LogP contribution in [0.2, 0.25) is 0 Å². The Kier molecular flexibility index (Phi) is 26.9. The van der Waals surface area contributed by atoms with Gasteiger partial charge in [-0.15, -0.1) is 0 Å². The first-order chi connectivity index (χ1) is 31.5. The Morgan fingerprint density at radius 1 is 0.537 bits per heavy atom. The topological polar surface area (TPSA) is 185 Å². The zero-order valence-electron chi connectivity index (χ0n) is 43.1. The van der Waals surface area contributed by atoms with Crippen molar-refractivity contribution in [3.8, 4) is 5.75 Å². The van der Waals surface area contributed by atoms with Gasteiger partial charge in [0.1, 0.15) is 36.5 Å². The number of methoxy groups -OCH3 is 3. The molecule has 67 heavy (non-hydrogen) atoms. The van der Waals surface area contributed by atoms with Gasteiger partial charge in [0.2, 0.25) is 0 Å². The van der Waals surface area contributed by atoms with Gasteiger partial charge in [-0.05, 0) is 106 Å². The number of hydrogen-bond acceptors (Lipinski definition) is 17. The second kappa shape index (κ2) is 30.2. The minimum Gasteiger partial charge on any atom is -0.491 e. The first-order valence-electron chi connectivity index (χ1n) is 23.7. The van der Waals surface area contributed by atoms with E-state index in [-0.39, 0.29) is 72.2 Å². The summed E-state index contributed by atoms with van der Waals surface area (Å²) in [7, 11) is 3.99. The number of carboxylic acid groups (broad SMARTS) is 1. The largest absolute Gasteiger partial charge is 0.491 e. The van der Waals surface area contributed by atoms with Crippen molar-refractivity contribution >= 4 is 23.9 Å². The highest BCUT2D eigenvalue weighted by molar-refractivity contribution is 5.77. The van der Waals surface area contributed by atoms with Crippen LogP contribution in [0.4, 0.5) is 0 Å². The number of benzene rings is 1. The van der Waals surface area contributed by atoms with Crippen molar-refractivity contribution in [2.75, 3.05) is 127 Å². The van der Waals surface area contributed by atoms with Crippen LogP contribution < -0.4 is 4.74 Å². The van der Waals surface area contributed by atoms with Gasteiger partial charge in [-0.1, -0.05) is 12.1 Å². The smallest absolute Gasteiger partial charge is 0.325 e. The van der Waals surface area contributed by atoms with E-state index in [1.807, 2.05) is 113 Å². The van der Waals surface area contributed by atoms with Crippen LogP contribution >= 0.6 is 0 Å². The zero-order chi connectivity index (χ0) is 50.2. The van der Waals surface area contributed by atoms with Gasteiger partial charge in [-0.2, -0.15) is 0 Å². The molecule has 1 aliphatic heterocycles. The number of carboxylic acids is 1. The van der Waals surface area contributed by atoms with Gasteiger partial charge < -0.3 is 47.7 Å². The molecule has 0 aromatic heterocycles. The Hall–Kier alpha value is -3.46. The molecule has 0 amide bonds. The number of rotatable bonds is 26. The fourth-order valence-electron chi connectivity index (χ4n) is 7.38. The Morgan fingerprint density at radius 3 is 1.21 bits per heavy atom. The Bertz CT molecular complexity index is 1530. The summed E-state index contributed by atoms with van der Waals surface area (Å²) >= 11 is 0. The third-order valence-corrected chi connectivity index (χ3v) is 11.1. The number of hydrogen-bond donors (Lipinski definition) is 1. The van der Waals surface area contributed by atoms with E-state index in [1.54, 1.807) is 0 Å². The molecule has 0 bridgehead atoms. The summed E-state index contributed by atoms with van der Waals surface area (Å²) < 4.78 is 51.2. The van der Waals surface area contributed by atoms with Gasteiger partial charge in [-0.3, -0.25) is 38.8 Å². The minimum absolute atomic E-state index is 0.0144. The van der Waals surface area contributed by atoms with E-state index in [4.69, 9.17) is 42.6 Å². The number of nitrogens with zero attached hydrogens (tertiary/aromatic N) is 4. The van der Waals surface area contributed by atoms with E-state index in [2.05, 4.69) is 0 Å². The number of ether oxygens (including phenoxy) is 9. The van der Waals surface area contributed by atoms with Gasteiger partial charge in [0, 0.05) is 59.0 Å². The fraction of sp³-hybridized carbons (Fsp3) is 0.796. The molecule has 4 atom stereocenters. The lowest BCUT2D eigenvalue weighted by Crippen LogP contribution is -2.58. The zero-order valence-corrected chi connectivity index (χ0v) is 43.1. The van der Waals surface area contributed by atoms with Crippen LogP contribution in [-0.2, 0) is 63.5 Å². The van der Waals surface area contributed by atoms with E-state index in [1.165, 1.54) is 21.3 Å². The molecule has 0 spiro atoms. The number of aryl methyl sites for hydroxylation is 1. The average Bonchev–Trinajstić information content (AvgIpc) is 3.25. The van der Waals surface area contributed by atoms with E-state index in [0.29, 0.717) is 58.0 Å². The van der Waals surface area contributed by atoms with Crippen LogP contribution in [0, 0.1) is 0 Å². The Morgan fingerprint density at radius 2 is 0.881 bits per heavy atom. The molecule has 18 heteroatoms. The van der Waals surface area contributed by atoms with Crippen molar-refractivity contribution in [3.63, 3.8) is 0 Å². The molecule has 1 aromatic rings. The maximum atomic E-state index is 13.6. The quantitative estimate of drug-likeness (QED) is 0.0792. The van der Waals surface area contributed by atoms with Crippen LogP contribution in [-0.4, -0.2) is 216 Å². The highest BCUT2D eigenvalue weighted by Crippen LogP contribution is 2.20. The van der Waals surface area contributed by atoms with Crippen molar-refractivity contribution in [2.45, 2.75) is 129 Å². The average molecular weight is 955 g/mol. The van der Waals surface area contributed by atoms with Crippen molar-refractivity contribution in [3.05, 3.63) is 29.8 Å². The van der Waals surface area contributed by atoms with E-state index in [9.17, 15) is 24.3 Å². The van der Waals surface area contributed by atoms with Gasteiger partial charge in [0.15, 0.2) is 0 Å². The molecular formula is C49H86N4O14. The molecule has 1 heterocycles.